The molecule has 30 heavy (non-hydrogen) atoms. The first kappa shape index (κ1) is 25.1. The molecule has 2 aromatic rings. The van der Waals surface area contributed by atoms with Gasteiger partial charge in [0.25, 0.3) is 0 Å². The minimum atomic E-state index is 0.0346. The van der Waals surface area contributed by atoms with Gasteiger partial charge < -0.3 is 0 Å². The van der Waals surface area contributed by atoms with E-state index in [-0.39, 0.29) is 5.78 Å². The number of rotatable bonds is 14. The minimum absolute atomic E-state index is 0.0346. The van der Waals surface area contributed by atoms with Crippen LogP contribution in [0.3, 0.4) is 0 Å². The Balaban J connectivity index is 1.79. The van der Waals surface area contributed by atoms with E-state index in [0.29, 0.717) is 5.56 Å². The van der Waals surface area contributed by atoms with Crippen molar-refractivity contribution in [2.75, 3.05) is 0 Å². The monoisotopic (exact) mass is 532 g/mol. The maximum Gasteiger partial charge on any atom is 0.185 e. The van der Waals surface area contributed by atoms with Crippen LogP contribution in [0, 0.1) is 0 Å². The summed E-state index contributed by atoms with van der Waals surface area (Å²) in [4.78, 5) is 12.5. The molecule has 1 nitrogen and oxygen atoms in total. The first-order chi connectivity index (χ1) is 14.6. The molecule has 0 saturated heterocycles. The highest BCUT2D eigenvalue weighted by Gasteiger charge is 2.04. The van der Waals surface area contributed by atoms with Crippen LogP contribution < -0.4 is 0 Å². The number of ketones is 1. The first-order valence-corrected chi connectivity index (χ1v) is 12.9. The molecule has 0 aromatic heterocycles. The Labute approximate surface area is 199 Å². The van der Waals surface area contributed by atoms with E-state index in [1.165, 1.54) is 69.8 Å². The van der Waals surface area contributed by atoms with Gasteiger partial charge in [0, 0.05) is 14.5 Å². The zero-order chi connectivity index (χ0) is 21.6. The van der Waals surface area contributed by atoms with Gasteiger partial charge in [-0.1, -0.05) is 109 Å². The van der Waals surface area contributed by atoms with E-state index < -0.39 is 0 Å². The molecule has 0 amide bonds. The van der Waals surface area contributed by atoms with Crippen molar-refractivity contribution >= 4 is 43.7 Å². The zero-order valence-corrected chi connectivity index (χ0v) is 21.3. The van der Waals surface area contributed by atoms with Gasteiger partial charge in [-0.05, 0) is 66.4 Å². The Morgan fingerprint density at radius 1 is 0.767 bits per heavy atom. The van der Waals surface area contributed by atoms with E-state index in [2.05, 4.69) is 57.0 Å². The second-order valence-electron chi connectivity index (χ2n) is 7.98. The van der Waals surface area contributed by atoms with Gasteiger partial charge in [0.05, 0.1) is 0 Å². The van der Waals surface area contributed by atoms with E-state index >= 15 is 0 Å². The first-order valence-electron chi connectivity index (χ1n) is 11.4. The van der Waals surface area contributed by atoms with Crippen LogP contribution in [0.2, 0.25) is 0 Å². The van der Waals surface area contributed by atoms with E-state index in [1.807, 2.05) is 30.3 Å². The van der Waals surface area contributed by atoms with Gasteiger partial charge in [0.1, 0.15) is 0 Å². The molecular weight excluding hydrogens is 500 g/mol. The predicted molar refractivity (Wildman–Crippen MR) is 137 cm³/mol. The molecule has 0 atom stereocenters. The summed E-state index contributed by atoms with van der Waals surface area (Å²) in [5, 5.41) is 0. The Bertz CT molecular complexity index is 793. The number of hydrogen-bond donors (Lipinski definition) is 0. The van der Waals surface area contributed by atoms with Crippen molar-refractivity contribution in [1.29, 1.82) is 0 Å². The predicted octanol–water partition coefficient (Wildman–Crippen LogP) is 9.57. The molecule has 0 fully saturated rings. The lowest BCUT2D eigenvalue weighted by Gasteiger charge is -2.08. The maximum absolute atomic E-state index is 12.5. The number of allylic oxidation sites excluding steroid dienone is 1. The van der Waals surface area contributed by atoms with Crippen molar-refractivity contribution in [2.24, 2.45) is 0 Å². The molecule has 0 radical (unpaired) electrons. The fourth-order valence-corrected chi connectivity index (χ4v) is 4.27. The van der Waals surface area contributed by atoms with Crippen LogP contribution >= 0.6 is 31.9 Å². The van der Waals surface area contributed by atoms with Crippen molar-refractivity contribution in [2.45, 2.75) is 77.6 Å². The third-order valence-corrected chi connectivity index (χ3v) is 6.47. The fraction of sp³-hybridized carbons (Fsp3) is 0.444. The number of hydrogen-bond acceptors (Lipinski definition) is 1. The van der Waals surface area contributed by atoms with Crippen molar-refractivity contribution < 1.29 is 4.79 Å². The Hall–Kier alpha value is -1.19. The largest absolute Gasteiger partial charge is 0.289 e. The van der Waals surface area contributed by atoms with Crippen LogP contribution in [0.15, 0.2) is 57.5 Å². The van der Waals surface area contributed by atoms with Crippen LogP contribution in [-0.4, -0.2) is 5.78 Å². The van der Waals surface area contributed by atoms with Crippen LogP contribution in [-0.2, 0) is 6.42 Å². The Morgan fingerprint density at radius 3 is 1.97 bits per heavy atom. The van der Waals surface area contributed by atoms with Gasteiger partial charge in [0.2, 0.25) is 0 Å². The highest BCUT2D eigenvalue weighted by Crippen LogP contribution is 2.21. The highest BCUT2D eigenvalue weighted by molar-refractivity contribution is 9.10. The molecule has 0 saturated carbocycles. The highest BCUT2D eigenvalue weighted by atomic mass is 79.9. The lowest BCUT2D eigenvalue weighted by Crippen LogP contribution is -1.95. The van der Waals surface area contributed by atoms with Crippen molar-refractivity contribution in [3.8, 4) is 0 Å². The molecule has 0 bridgehead atoms. The molecule has 0 spiro atoms. The topological polar surface area (TPSA) is 17.1 Å². The summed E-state index contributed by atoms with van der Waals surface area (Å²) in [6, 6.07) is 13.9. The summed E-state index contributed by atoms with van der Waals surface area (Å²) >= 11 is 6.97. The van der Waals surface area contributed by atoms with E-state index in [0.717, 1.165) is 20.9 Å². The summed E-state index contributed by atoms with van der Waals surface area (Å²) in [6.07, 6.45) is 18.2. The Morgan fingerprint density at radius 2 is 1.33 bits per heavy atom. The molecule has 2 rings (SSSR count). The Kier molecular flexibility index (Phi) is 12.3. The number of aryl methyl sites for hydroxylation is 1. The van der Waals surface area contributed by atoms with Crippen molar-refractivity contribution in [3.63, 3.8) is 0 Å². The van der Waals surface area contributed by atoms with Crippen LogP contribution in [0.4, 0.5) is 0 Å². The molecule has 0 aliphatic rings. The second-order valence-corrected chi connectivity index (χ2v) is 9.81. The molecular formula is C27H34Br2O. The standard InChI is InChI=1S/C27H34Br2O/c1-2-3-4-5-6-7-8-9-10-11-12-22-13-19-26(29)21-24(22)16-20-27(30)23-14-17-25(28)18-15-23/h13-21H,2-12H2,1H3/b20-16+. The fourth-order valence-electron chi connectivity index (χ4n) is 3.63. The number of carbonyl (C=O) groups excluding carboxylic acids is 1. The van der Waals surface area contributed by atoms with Gasteiger partial charge in [-0.15, -0.1) is 0 Å². The van der Waals surface area contributed by atoms with E-state index in [9.17, 15) is 4.79 Å². The second kappa shape index (κ2) is 14.8. The molecule has 162 valence electrons. The van der Waals surface area contributed by atoms with Gasteiger partial charge in [-0.25, -0.2) is 0 Å². The van der Waals surface area contributed by atoms with Gasteiger partial charge in [-0.3, -0.25) is 4.79 Å². The average Bonchev–Trinajstić information content (AvgIpc) is 2.75. The van der Waals surface area contributed by atoms with Gasteiger partial charge >= 0.3 is 0 Å². The summed E-state index contributed by atoms with van der Waals surface area (Å²) < 4.78 is 2.03. The molecule has 0 aliphatic carbocycles. The molecule has 0 heterocycles. The van der Waals surface area contributed by atoms with Gasteiger partial charge in [0.15, 0.2) is 5.78 Å². The lowest BCUT2D eigenvalue weighted by molar-refractivity contribution is 0.104. The summed E-state index contributed by atoms with van der Waals surface area (Å²) in [5.74, 6) is 0.0346. The molecule has 0 unspecified atom stereocenters. The quantitative estimate of drug-likeness (QED) is 0.134. The number of halogens is 2. The van der Waals surface area contributed by atoms with Crippen molar-refractivity contribution in [1.82, 2.24) is 0 Å². The summed E-state index contributed by atoms with van der Waals surface area (Å²) in [6.45, 7) is 2.27. The summed E-state index contributed by atoms with van der Waals surface area (Å²) in [7, 11) is 0. The van der Waals surface area contributed by atoms with Gasteiger partial charge in [-0.2, -0.15) is 0 Å². The number of carbonyl (C=O) groups is 1. The zero-order valence-electron chi connectivity index (χ0n) is 18.1. The third-order valence-electron chi connectivity index (χ3n) is 5.45. The minimum Gasteiger partial charge on any atom is -0.289 e. The summed E-state index contributed by atoms with van der Waals surface area (Å²) in [5.41, 5.74) is 3.16. The molecule has 3 heteroatoms. The third kappa shape index (κ3) is 9.75. The number of benzene rings is 2. The smallest absolute Gasteiger partial charge is 0.185 e. The molecule has 0 N–H and O–H groups in total. The van der Waals surface area contributed by atoms with E-state index in [4.69, 9.17) is 0 Å². The van der Waals surface area contributed by atoms with Crippen LogP contribution in [0.25, 0.3) is 6.08 Å². The van der Waals surface area contributed by atoms with E-state index in [1.54, 1.807) is 6.08 Å². The molecule has 0 aliphatic heterocycles. The average molecular weight is 534 g/mol. The molecule has 2 aromatic carbocycles. The number of unbranched alkanes of at least 4 members (excludes halogenated alkanes) is 9. The normalized spacial score (nSPS) is 11.3. The lowest BCUT2D eigenvalue weighted by atomic mass is 9.99. The van der Waals surface area contributed by atoms with Crippen LogP contribution in [0.1, 0.15) is 92.6 Å². The van der Waals surface area contributed by atoms with Crippen molar-refractivity contribution in [3.05, 3.63) is 74.2 Å². The van der Waals surface area contributed by atoms with Crippen LogP contribution in [0.5, 0.6) is 0 Å². The SMILES string of the molecule is CCCCCCCCCCCCc1ccc(Br)cc1/C=C/C(=O)c1ccc(Br)cc1. The maximum atomic E-state index is 12.5.